The van der Waals surface area contributed by atoms with Crippen LogP contribution in [0.15, 0.2) is 24.3 Å². The van der Waals surface area contributed by atoms with Crippen LogP contribution in [0.5, 0.6) is 0 Å². The van der Waals surface area contributed by atoms with Crippen molar-refractivity contribution in [1.82, 2.24) is 4.90 Å². The first-order valence-corrected chi connectivity index (χ1v) is 8.45. The normalized spacial score (nSPS) is 27.4. The standard InChI is InChI=1S/C18H25N3O2/c1-12-9-15(12)18(23)20-16-7-3-2-5-13(16)10-21-8-4-6-14(11-21)17(19)22/h2-3,5,7,12,14-15H,4,6,8-11H2,1H3,(H2,19,22)(H,20,23)/t12-,14+,15+/m1/s1. The summed E-state index contributed by atoms with van der Waals surface area (Å²) < 4.78 is 0. The molecule has 1 heterocycles. The highest BCUT2D eigenvalue weighted by atomic mass is 16.2. The van der Waals surface area contributed by atoms with Crippen molar-refractivity contribution in [2.24, 2.45) is 23.5 Å². The van der Waals surface area contributed by atoms with Gasteiger partial charge >= 0.3 is 0 Å². The highest BCUT2D eigenvalue weighted by molar-refractivity contribution is 5.95. The molecule has 1 saturated heterocycles. The molecular weight excluding hydrogens is 290 g/mol. The summed E-state index contributed by atoms with van der Waals surface area (Å²) in [6.45, 7) is 4.51. The highest BCUT2D eigenvalue weighted by Crippen LogP contribution is 2.38. The summed E-state index contributed by atoms with van der Waals surface area (Å²) >= 11 is 0. The van der Waals surface area contributed by atoms with E-state index in [0.29, 0.717) is 12.5 Å². The van der Waals surface area contributed by atoms with Gasteiger partial charge in [-0.05, 0) is 43.4 Å². The summed E-state index contributed by atoms with van der Waals surface area (Å²) in [5, 5.41) is 3.07. The Balaban J connectivity index is 1.65. The van der Waals surface area contributed by atoms with Gasteiger partial charge in [-0.3, -0.25) is 14.5 Å². The number of hydrogen-bond acceptors (Lipinski definition) is 3. The van der Waals surface area contributed by atoms with Crippen molar-refractivity contribution in [2.45, 2.75) is 32.7 Å². The zero-order valence-electron chi connectivity index (χ0n) is 13.6. The van der Waals surface area contributed by atoms with E-state index >= 15 is 0 Å². The molecule has 3 N–H and O–H groups in total. The fourth-order valence-electron chi connectivity index (χ4n) is 3.37. The number of para-hydroxylation sites is 1. The molecule has 0 aromatic heterocycles. The molecule has 0 spiro atoms. The van der Waals surface area contributed by atoms with Gasteiger partial charge in [-0.1, -0.05) is 25.1 Å². The van der Waals surface area contributed by atoms with E-state index in [-0.39, 0.29) is 23.7 Å². The van der Waals surface area contributed by atoms with Gasteiger partial charge in [0.15, 0.2) is 0 Å². The van der Waals surface area contributed by atoms with Gasteiger partial charge in [-0.2, -0.15) is 0 Å². The van der Waals surface area contributed by atoms with Crippen molar-refractivity contribution in [2.75, 3.05) is 18.4 Å². The zero-order chi connectivity index (χ0) is 16.4. The summed E-state index contributed by atoms with van der Waals surface area (Å²) in [5.74, 6) is 0.522. The molecule has 2 amide bonds. The van der Waals surface area contributed by atoms with E-state index in [1.54, 1.807) is 0 Å². The molecule has 23 heavy (non-hydrogen) atoms. The Labute approximate surface area is 137 Å². The van der Waals surface area contributed by atoms with Crippen LogP contribution in [0.1, 0.15) is 31.7 Å². The van der Waals surface area contributed by atoms with Crippen molar-refractivity contribution in [3.8, 4) is 0 Å². The average Bonchev–Trinajstić information content (AvgIpc) is 3.26. The van der Waals surface area contributed by atoms with E-state index < -0.39 is 0 Å². The van der Waals surface area contributed by atoms with Crippen molar-refractivity contribution >= 4 is 17.5 Å². The van der Waals surface area contributed by atoms with Gasteiger partial charge in [0.05, 0.1) is 5.92 Å². The number of rotatable bonds is 5. The van der Waals surface area contributed by atoms with Crippen LogP contribution in [0.3, 0.4) is 0 Å². The second kappa shape index (κ2) is 6.71. The number of hydrogen-bond donors (Lipinski definition) is 2. The van der Waals surface area contributed by atoms with E-state index in [1.807, 2.05) is 24.3 Å². The molecule has 1 aliphatic heterocycles. The fourth-order valence-corrected chi connectivity index (χ4v) is 3.37. The van der Waals surface area contributed by atoms with Crippen molar-refractivity contribution in [1.29, 1.82) is 0 Å². The lowest BCUT2D eigenvalue weighted by Gasteiger charge is -2.31. The van der Waals surface area contributed by atoms with Crippen LogP contribution in [-0.2, 0) is 16.1 Å². The molecular formula is C18H25N3O2. The highest BCUT2D eigenvalue weighted by Gasteiger charge is 2.39. The van der Waals surface area contributed by atoms with E-state index in [2.05, 4.69) is 17.1 Å². The second-order valence-corrected chi connectivity index (χ2v) is 6.94. The summed E-state index contributed by atoms with van der Waals surface area (Å²) in [6, 6.07) is 7.92. The first kappa shape index (κ1) is 16.0. The molecule has 5 heteroatoms. The number of nitrogens with one attached hydrogen (secondary N) is 1. The number of nitrogens with two attached hydrogens (primary N) is 1. The first-order valence-electron chi connectivity index (χ1n) is 8.45. The third-order valence-corrected chi connectivity index (χ3v) is 5.02. The summed E-state index contributed by atoms with van der Waals surface area (Å²) in [5.41, 5.74) is 7.43. The number of piperidine rings is 1. The minimum atomic E-state index is -0.209. The largest absolute Gasteiger partial charge is 0.369 e. The van der Waals surface area contributed by atoms with Crippen molar-refractivity contribution in [3.05, 3.63) is 29.8 Å². The molecule has 0 radical (unpaired) electrons. The molecule has 1 aromatic carbocycles. The van der Waals surface area contributed by atoms with Crippen LogP contribution in [0.2, 0.25) is 0 Å². The van der Waals surface area contributed by atoms with Crippen LogP contribution in [0.4, 0.5) is 5.69 Å². The van der Waals surface area contributed by atoms with Crippen LogP contribution < -0.4 is 11.1 Å². The number of nitrogens with zero attached hydrogens (tertiary/aromatic N) is 1. The van der Waals surface area contributed by atoms with Crippen LogP contribution in [-0.4, -0.2) is 29.8 Å². The lowest BCUT2D eigenvalue weighted by Crippen LogP contribution is -2.40. The maximum absolute atomic E-state index is 12.2. The maximum Gasteiger partial charge on any atom is 0.227 e. The Hall–Kier alpha value is -1.88. The molecule has 2 fully saturated rings. The average molecular weight is 315 g/mol. The van der Waals surface area contributed by atoms with E-state index in [9.17, 15) is 9.59 Å². The van der Waals surface area contributed by atoms with Gasteiger partial charge in [0.25, 0.3) is 0 Å². The van der Waals surface area contributed by atoms with Crippen molar-refractivity contribution in [3.63, 3.8) is 0 Å². The minimum absolute atomic E-state index is 0.0576. The maximum atomic E-state index is 12.2. The third-order valence-electron chi connectivity index (χ3n) is 5.02. The number of carbonyl (C=O) groups excluding carboxylic acids is 2. The number of benzene rings is 1. The van der Waals surface area contributed by atoms with Crippen LogP contribution in [0.25, 0.3) is 0 Å². The number of anilines is 1. The van der Waals surface area contributed by atoms with Gasteiger partial charge in [0.2, 0.25) is 11.8 Å². The Kier molecular flexibility index (Phi) is 4.66. The summed E-state index contributed by atoms with van der Waals surface area (Å²) in [7, 11) is 0. The lowest BCUT2D eigenvalue weighted by molar-refractivity contribution is -0.123. The quantitative estimate of drug-likeness (QED) is 0.872. The predicted octanol–water partition coefficient (Wildman–Crippen LogP) is 1.98. The Morgan fingerprint density at radius 3 is 2.78 bits per heavy atom. The second-order valence-electron chi connectivity index (χ2n) is 6.94. The molecule has 3 atom stereocenters. The molecule has 0 unspecified atom stereocenters. The molecule has 1 aromatic rings. The Morgan fingerprint density at radius 2 is 2.09 bits per heavy atom. The molecule has 1 aliphatic carbocycles. The van der Waals surface area contributed by atoms with E-state index in [0.717, 1.165) is 43.6 Å². The molecule has 2 aliphatic rings. The smallest absolute Gasteiger partial charge is 0.227 e. The summed E-state index contributed by atoms with van der Waals surface area (Å²) in [4.78, 5) is 25.9. The van der Waals surface area contributed by atoms with Gasteiger partial charge in [0.1, 0.15) is 0 Å². The number of carbonyl (C=O) groups is 2. The monoisotopic (exact) mass is 315 g/mol. The zero-order valence-corrected chi connectivity index (χ0v) is 13.6. The Bertz CT molecular complexity index is 602. The van der Waals surface area contributed by atoms with Gasteiger partial charge in [0, 0.05) is 24.7 Å². The third kappa shape index (κ3) is 3.91. The molecule has 3 rings (SSSR count). The number of amides is 2. The van der Waals surface area contributed by atoms with E-state index in [4.69, 9.17) is 5.73 Å². The lowest BCUT2D eigenvalue weighted by atomic mass is 9.97. The molecule has 124 valence electrons. The van der Waals surface area contributed by atoms with Crippen molar-refractivity contribution < 1.29 is 9.59 Å². The predicted molar refractivity (Wildman–Crippen MR) is 89.5 cm³/mol. The first-order chi connectivity index (χ1) is 11.0. The minimum Gasteiger partial charge on any atom is -0.369 e. The summed E-state index contributed by atoms with van der Waals surface area (Å²) in [6.07, 6.45) is 2.85. The van der Waals surface area contributed by atoms with Crippen LogP contribution in [0, 0.1) is 17.8 Å². The fraction of sp³-hybridized carbons (Fsp3) is 0.556. The Morgan fingerprint density at radius 1 is 1.35 bits per heavy atom. The van der Waals surface area contributed by atoms with Gasteiger partial charge in [-0.15, -0.1) is 0 Å². The van der Waals surface area contributed by atoms with Crippen LogP contribution >= 0.6 is 0 Å². The van der Waals surface area contributed by atoms with E-state index in [1.165, 1.54) is 0 Å². The molecule has 0 bridgehead atoms. The topological polar surface area (TPSA) is 75.4 Å². The SMILES string of the molecule is C[C@@H]1C[C@@H]1C(=O)Nc1ccccc1CN1CCC[C@H](C(N)=O)C1. The molecule has 1 saturated carbocycles. The van der Waals surface area contributed by atoms with Gasteiger partial charge in [-0.25, -0.2) is 0 Å². The molecule has 5 nitrogen and oxygen atoms in total. The number of likely N-dealkylation sites (tertiary alicyclic amines) is 1. The number of primary amides is 1. The van der Waals surface area contributed by atoms with Gasteiger partial charge < -0.3 is 11.1 Å².